The number of ether oxygens (including phenoxy) is 1. The number of aryl methyl sites for hydroxylation is 2. The molecule has 2 heterocycles. The van der Waals surface area contributed by atoms with Gasteiger partial charge in [-0.3, -0.25) is 0 Å². The first kappa shape index (κ1) is 25.5. The Labute approximate surface area is 217 Å². The van der Waals surface area contributed by atoms with Gasteiger partial charge in [0.1, 0.15) is 0 Å². The summed E-state index contributed by atoms with van der Waals surface area (Å²) in [7, 11) is 3.48. The number of amides is 2. The van der Waals surface area contributed by atoms with Gasteiger partial charge in [-0.1, -0.05) is 12.1 Å². The summed E-state index contributed by atoms with van der Waals surface area (Å²) < 4.78 is 46.5. The van der Waals surface area contributed by atoms with Crippen LogP contribution in [0.2, 0.25) is 0 Å². The lowest BCUT2D eigenvalue weighted by Crippen LogP contribution is -2.20. The Kier molecular flexibility index (Phi) is 6.26. The summed E-state index contributed by atoms with van der Waals surface area (Å²) in [5.74, 6) is 0.367. The molecule has 1 saturated carbocycles. The van der Waals surface area contributed by atoms with Crippen LogP contribution in [-0.4, -0.2) is 34.5 Å². The maximum Gasteiger partial charge on any atom is 0.416 e. The van der Waals surface area contributed by atoms with Crippen molar-refractivity contribution in [2.45, 2.75) is 31.4 Å². The molecule has 0 atom stereocenters. The maximum atomic E-state index is 13.1. The molecule has 1 fully saturated rings. The number of alkyl halides is 3. The van der Waals surface area contributed by atoms with Gasteiger partial charge in [0.25, 0.3) is 0 Å². The summed E-state index contributed by atoms with van der Waals surface area (Å²) in [5.41, 5.74) is 9.50. The van der Waals surface area contributed by atoms with E-state index in [-0.39, 0.29) is 11.1 Å². The highest BCUT2D eigenvalue weighted by Crippen LogP contribution is 2.49. The standard InChI is InChI=1S/C27H27F3N6O2/c1-15-10-17(27(28,29)30)12-19(11-15)33-25(37)32-18-6-4-16(5-7-18)20-13-21(26(8-9-26)14-38-3)34-24-22(20)23(31)35-36(24)2/h4-7,10-13H,8-9,14H2,1-3H3,(H2,31,35)(H2,32,33,37). The number of fused-ring (bicyclic) bond motifs is 1. The van der Waals surface area contributed by atoms with Gasteiger partial charge in [-0.15, -0.1) is 0 Å². The molecule has 0 radical (unpaired) electrons. The van der Waals surface area contributed by atoms with E-state index in [0.717, 1.165) is 47.2 Å². The molecule has 4 N–H and O–H groups in total. The van der Waals surface area contributed by atoms with E-state index in [1.807, 2.05) is 18.2 Å². The van der Waals surface area contributed by atoms with Gasteiger partial charge in [-0.2, -0.15) is 18.3 Å². The molecule has 1 aliphatic rings. The highest BCUT2D eigenvalue weighted by Gasteiger charge is 2.46. The predicted molar refractivity (Wildman–Crippen MR) is 140 cm³/mol. The highest BCUT2D eigenvalue weighted by atomic mass is 19.4. The van der Waals surface area contributed by atoms with Crippen molar-refractivity contribution in [1.82, 2.24) is 14.8 Å². The van der Waals surface area contributed by atoms with Crippen LogP contribution < -0.4 is 16.4 Å². The quantitative estimate of drug-likeness (QED) is 0.293. The molecule has 2 amide bonds. The van der Waals surface area contributed by atoms with Gasteiger partial charge < -0.3 is 21.1 Å². The molecule has 0 aliphatic heterocycles. The van der Waals surface area contributed by atoms with Gasteiger partial charge in [0.15, 0.2) is 11.5 Å². The normalized spacial score (nSPS) is 14.5. The summed E-state index contributed by atoms with van der Waals surface area (Å²) >= 11 is 0. The van der Waals surface area contributed by atoms with Crippen LogP contribution in [0.15, 0.2) is 48.5 Å². The lowest BCUT2D eigenvalue weighted by Gasteiger charge is -2.16. The van der Waals surface area contributed by atoms with E-state index in [9.17, 15) is 18.0 Å². The number of benzene rings is 2. The van der Waals surface area contributed by atoms with Crippen molar-refractivity contribution in [3.63, 3.8) is 0 Å². The van der Waals surface area contributed by atoms with Crippen molar-refractivity contribution in [2.75, 3.05) is 30.1 Å². The average molecular weight is 525 g/mol. The molecule has 4 aromatic rings. The fourth-order valence-corrected chi connectivity index (χ4v) is 4.72. The molecule has 0 bridgehead atoms. The van der Waals surface area contributed by atoms with Gasteiger partial charge in [0.05, 0.1) is 23.3 Å². The van der Waals surface area contributed by atoms with E-state index in [0.29, 0.717) is 29.3 Å². The molecule has 1 aliphatic carbocycles. The van der Waals surface area contributed by atoms with Gasteiger partial charge in [-0.25, -0.2) is 14.5 Å². The minimum absolute atomic E-state index is 0.0512. The van der Waals surface area contributed by atoms with Crippen LogP contribution in [0.5, 0.6) is 0 Å². The smallest absolute Gasteiger partial charge is 0.384 e. The molecule has 2 aromatic carbocycles. The number of carbonyl (C=O) groups excluding carboxylic acids is 1. The summed E-state index contributed by atoms with van der Waals surface area (Å²) in [4.78, 5) is 17.4. The minimum atomic E-state index is -4.51. The van der Waals surface area contributed by atoms with Gasteiger partial charge in [-0.05, 0) is 72.9 Å². The van der Waals surface area contributed by atoms with Crippen LogP contribution in [0.1, 0.15) is 29.7 Å². The monoisotopic (exact) mass is 524 g/mol. The average Bonchev–Trinajstić information content (AvgIpc) is 3.57. The first-order chi connectivity index (χ1) is 18.0. The van der Waals surface area contributed by atoms with Crippen LogP contribution in [0.3, 0.4) is 0 Å². The number of pyridine rings is 1. The van der Waals surface area contributed by atoms with Crippen molar-refractivity contribution >= 4 is 34.3 Å². The first-order valence-corrected chi connectivity index (χ1v) is 12.0. The number of aromatic nitrogens is 3. The lowest BCUT2D eigenvalue weighted by atomic mass is 9.96. The van der Waals surface area contributed by atoms with E-state index in [2.05, 4.69) is 15.7 Å². The van der Waals surface area contributed by atoms with Gasteiger partial charge >= 0.3 is 12.2 Å². The lowest BCUT2D eigenvalue weighted by molar-refractivity contribution is -0.137. The van der Waals surface area contributed by atoms with Crippen LogP contribution in [0, 0.1) is 6.92 Å². The predicted octanol–water partition coefficient (Wildman–Crippen LogP) is 5.87. The Morgan fingerprint density at radius 1 is 1.11 bits per heavy atom. The molecular weight excluding hydrogens is 497 g/mol. The molecule has 8 nitrogen and oxygen atoms in total. The number of halogens is 3. The number of hydrogen-bond donors (Lipinski definition) is 3. The van der Waals surface area contributed by atoms with E-state index in [1.54, 1.807) is 31.0 Å². The van der Waals surface area contributed by atoms with Crippen molar-refractivity contribution in [3.05, 3.63) is 65.4 Å². The Bertz CT molecular complexity index is 1520. The van der Waals surface area contributed by atoms with Crippen LogP contribution >= 0.6 is 0 Å². The second-order valence-electron chi connectivity index (χ2n) is 9.72. The third-order valence-corrected chi connectivity index (χ3v) is 6.75. The first-order valence-electron chi connectivity index (χ1n) is 12.0. The fraction of sp³-hybridized carbons (Fsp3) is 0.296. The molecule has 198 valence electrons. The zero-order valence-electron chi connectivity index (χ0n) is 21.1. The van der Waals surface area contributed by atoms with E-state index >= 15 is 0 Å². The molecule has 5 rings (SSSR count). The van der Waals surface area contributed by atoms with Crippen molar-refractivity contribution in [1.29, 1.82) is 0 Å². The topological polar surface area (TPSA) is 107 Å². The van der Waals surface area contributed by atoms with E-state index in [1.165, 1.54) is 13.0 Å². The molecule has 2 aromatic heterocycles. The summed E-state index contributed by atoms with van der Waals surface area (Å²) in [6, 6.07) is 11.9. The van der Waals surface area contributed by atoms with Crippen molar-refractivity contribution in [3.8, 4) is 11.1 Å². The number of rotatable bonds is 6. The fourth-order valence-electron chi connectivity index (χ4n) is 4.72. The SMILES string of the molecule is COCC1(c2cc(-c3ccc(NC(=O)Nc4cc(C)cc(C(F)(F)F)c4)cc3)c3c(N)nn(C)c3n2)CC1. The molecule has 0 spiro atoms. The molecule has 0 unspecified atom stereocenters. The van der Waals surface area contributed by atoms with Crippen molar-refractivity contribution < 1.29 is 22.7 Å². The van der Waals surface area contributed by atoms with Crippen molar-refractivity contribution in [2.24, 2.45) is 7.05 Å². The largest absolute Gasteiger partial charge is 0.416 e. The number of nitrogens with one attached hydrogen (secondary N) is 2. The number of anilines is 3. The Morgan fingerprint density at radius 2 is 1.79 bits per heavy atom. The van der Waals surface area contributed by atoms with E-state index < -0.39 is 17.8 Å². The number of hydrogen-bond acceptors (Lipinski definition) is 5. The van der Waals surface area contributed by atoms with Crippen LogP contribution in [0.25, 0.3) is 22.2 Å². The summed E-state index contributed by atoms with van der Waals surface area (Å²) in [6.07, 6.45) is -2.54. The third kappa shape index (κ3) is 4.89. The minimum Gasteiger partial charge on any atom is -0.384 e. The molecule has 0 saturated heterocycles. The van der Waals surface area contributed by atoms with E-state index in [4.69, 9.17) is 15.5 Å². The highest BCUT2D eigenvalue weighted by molar-refractivity contribution is 6.02. The second-order valence-corrected chi connectivity index (χ2v) is 9.72. The van der Waals surface area contributed by atoms with Crippen LogP contribution in [0.4, 0.5) is 35.2 Å². The Balaban J connectivity index is 1.40. The molecular formula is C27H27F3N6O2. The maximum absolute atomic E-state index is 13.1. The number of nitrogens with two attached hydrogens (primary N) is 1. The number of nitrogen functional groups attached to an aromatic ring is 1. The summed E-state index contributed by atoms with van der Waals surface area (Å²) in [6.45, 7) is 2.11. The van der Waals surface area contributed by atoms with Gasteiger partial charge in [0.2, 0.25) is 0 Å². The Morgan fingerprint density at radius 3 is 2.42 bits per heavy atom. The number of carbonyl (C=O) groups is 1. The second kappa shape index (κ2) is 9.32. The third-order valence-electron chi connectivity index (χ3n) is 6.75. The summed E-state index contributed by atoms with van der Waals surface area (Å²) in [5, 5.41) is 10.2. The number of urea groups is 1. The zero-order chi connectivity index (χ0) is 27.2. The molecule has 11 heteroatoms. The van der Waals surface area contributed by atoms with Gasteiger partial charge in [0, 0.05) is 30.9 Å². The molecule has 38 heavy (non-hydrogen) atoms. The zero-order valence-corrected chi connectivity index (χ0v) is 21.1. The van der Waals surface area contributed by atoms with Crippen LogP contribution in [-0.2, 0) is 23.4 Å². The number of methoxy groups -OCH3 is 1. The Hall–Kier alpha value is -4.12. The number of nitrogens with zero attached hydrogens (tertiary/aromatic N) is 3.